The molecule has 4 nitrogen and oxygen atoms in total. The molecule has 1 fully saturated rings. The molecule has 1 aliphatic rings. The van der Waals surface area contributed by atoms with Gasteiger partial charge in [0.05, 0.1) is 12.7 Å². The predicted octanol–water partition coefficient (Wildman–Crippen LogP) is 1.88. The average Bonchev–Trinajstić information content (AvgIpc) is 2.36. The normalized spacial score (nSPS) is 26.5. The summed E-state index contributed by atoms with van der Waals surface area (Å²) >= 11 is 0. The topological polar surface area (TPSA) is 47.6 Å². The molecule has 0 saturated heterocycles. The number of hydrogen-bond donors (Lipinski definition) is 1. The van der Waals surface area contributed by atoms with E-state index in [1.54, 1.807) is 0 Å². The van der Waals surface area contributed by atoms with Crippen molar-refractivity contribution in [2.24, 2.45) is 0 Å². The second-order valence-corrected chi connectivity index (χ2v) is 4.50. The van der Waals surface area contributed by atoms with Gasteiger partial charge in [-0.05, 0) is 33.2 Å². The van der Waals surface area contributed by atoms with E-state index in [1.165, 1.54) is 12.8 Å². The van der Waals surface area contributed by atoms with Crippen LogP contribution in [0.4, 0.5) is 0 Å². The van der Waals surface area contributed by atoms with E-state index >= 15 is 0 Å². The summed E-state index contributed by atoms with van der Waals surface area (Å²) in [5, 5.41) is 3.28. The first-order valence-electron chi connectivity index (χ1n) is 6.72. The van der Waals surface area contributed by atoms with Gasteiger partial charge in [-0.3, -0.25) is 0 Å². The minimum absolute atomic E-state index is 0.142. The maximum Gasteiger partial charge on any atom is 0.335 e. The number of rotatable bonds is 6. The molecule has 4 heteroatoms. The summed E-state index contributed by atoms with van der Waals surface area (Å²) in [5.41, 5.74) is 0. The second kappa shape index (κ2) is 7.67. The molecule has 0 amide bonds. The van der Waals surface area contributed by atoms with Crippen LogP contribution in [0, 0.1) is 0 Å². The van der Waals surface area contributed by atoms with E-state index in [0.29, 0.717) is 19.1 Å². The number of hydrogen-bond acceptors (Lipinski definition) is 4. The molecule has 3 atom stereocenters. The van der Waals surface area contributed by atoms with Crippen molar-refractivity contribution in [3.63, 3.8) is 0 Å². The quantitative estimate of drug-likeness (QED) is 0.724. The fraction of sp³-hybridized carbons (Fsp3) is 0.923. The minimum atomic E-state index is -0.408. The van der Waals surface area contributed by atoms with Gasteiger partial charge in [0.15, 0.2) is 6.10 Å². The Bertz CT molecular complexity index is 233. The van der Waals surface area contributed by atoms with Crippen LogP contribution in [0.15, 0.2) is 0 Å². The highest BCUT2D eigenvalue weighted by Gasteiger charge is 2.29. The molecule has 0 spiro atoms. The van der Waals surface area contributed by atoms with Crippen LogP contribution in [-0.2, 0) is 14.3 Å². The largest absolute Gasteiger partial charge is 0.464 e. The molecule has 0 radical (unpaired) electrons. The summed E-state index contributed by atoms with van der Waals surface area (Å²) in [6.45, 7) is 4.19. The van der Waals surface area contributed by atoms with Crippen LogP contribution in [0.5, 0.6) is 0 Å². The molecule has 1 saturated carbocycles. The van der Waals surface area contributed by atoms with Crippen molar-refractivity contribution in [2.45, 2.75) is 64.2 Å². The van der Waals surface area contributed by atoms with E-state index in [2.05, 4.69) is 5.32 Å². The summed E-state index contributed by atoms with van der Waals surface area (Å²) < 4.78 is 10.9. The van der Waals surface area contributed by atoms with Gasteiger partial charge >= 0.3 is 5.97 Å². The molecule has 0 heterocycles. The Morgan fingerprint density at radius 1 is 1.35 bits per heavy atom. The third-order valence-electron chi connectivity index (χ3n) is 3.33. The van der Waals surface area contributed by atoms with Gasteiger partial charge in [0, 0.05) is 6.04 Å². The number of esters is 1. The Morgan fingerprint density at radius 3 is 2.65 bits per heavy atom. The molecule has 1 rings (SSSR count). The van der Waals surface area contributed by atoms with Crippen LogP contribution < -0.4 is 5.32 Å². The number of carbonyl (C=O) groups excluding carboxylic acids is 1. The summed E-state index contributed by atoms with van der Waals surface area (Å²) in [4.78, 5) is 11.7. The van der Waals surface area contributed by atoms with E-state index in [9.17, 15) is 4.79 Å². The number of likely N-dealkylation sites (N-methyl/N-ethyl adjacent to an activating group) is 1. The van der Waals surface area contributed by atoms with E-state index in [1.807, 2.05) is 20.9 Å². The standard InChI is InChI=1S/C13H25NO3/c1-4-11(13(15)16-5-2)17-12-9-7-6-8-10(12)14-3/h10-12,14H,4-9H2,1-3H3. The third-order valence-corrected chi connectivity index (χ3v) is 3.33. The van der Waals surface area contributed by atoms with Crippen molar-refractivity contribution < 1.29 is 14.3 Å². The SMILES string of the molecule is CCOC(=O)C(CC)OC1CCCCC1NC. The molecule has 0 bridgehead atoms. The zero-order valence-corrected chi connectivity index (χ0v) is 11.2. The Labute approximate surface area is 104 Å². The van der Waals surface area contributed by atoms with Gasteiger partial charge in [-0.25, -0.2) is 4.79 Å². The lowest BCUT2D eigenvalue weighted by molar-refractivity contribution is -0.163. The second-order valence-electron chi connectivity index (χ2n) is 4.50. The van der Waals surface area contributed by atoms with Crippen LogP contribution >= 0.6 is 0 Å². The van der Waals surface area contributed by atoms with Gasteiger partial charge in [0.25, 0.3) is 0 Å². The first-order valence-corrected chi connectivity index (χ1v) is 6.72. The molecule has 0 aromatic rings. The Hall–Kier alpha value is -0.610. The van der Waals surface area contributed by atoms with E-state index in [-0.39, 0.29) is 12.1 Å². The number of ether oxygens (including phenoxy) is 2. The van der Waals surface area contributed by atoms with Gasteiger partial charge in [-0.15, -0.1) is 0 Å². The highest BCUT2D eigenvalue weighted by molar-refractivity contribution is 5.74. The first-order chi connectivity index (χ1) is 8.22. The van der Waals surface area contributed by atoms with Crippen molar-refractivity contribution in [3.8, 4) is 0 Å². The monoisotopic (exact) mass is 243 g/mol. The van der Waals surface area contributed by atoms with Gasteiger partial charge in [-0.2, -0.15) is 0 Å². The Morgan fingerprint density at radius 2 is 2.06 bits per heavy atom. The van der Waals surface area contributed by atoms with Gasteiger partial charge in [-0.1, -0.05) is 19.8 Å². The minimum Gasteiger partial charge on any atom is -0.464 e. The molecule has 17 heavy (non-hydrogen) atoms. The Balaban J connectivity index is 2.50. The molecule has 0 aliphatic heterocycles. The van der Waals surface area contributed by atoms with E-state index in [0.717, 1.165) is 12.8 Å². The number of nitrogens with one attached hydrogen (secondary N) is 1. The lowest BCUT2D eigenvalue weighted by Crippen LogP contribution is -2.45. The maximum absolute atomic E-state index is 11.7. The highest BCUT2D eigenvalue weighted by Crippen LogP contribution is 2.23. The van der Waals surface area contributed by atoms with Crippen LogP contribution in [0.1, 0.15) is 46.0 Å². The molecule has 0 aromatic carbocycles. The van der Waals surface area contributed by atoms with Crippen LogP contribution in [0.2, 0.25) is 0 Å². The molecular formula is C13H25NO3. The van der Waals surface area contributed by atoms with Crippen molar-refractivity contribution >= 4 is 5.97 Å². The lowest BCUT2D eigenvalue weighted by Gasteiger charge is -2.33. The molecule has 1 aliphatic carbocycles. The summed E-state index contributed by atoms with van der Waals surface area (Å²) in [7, 11) is 1.96. The molecule has 0 aromatic heterocycles. The molecule has 3 unspecified atom stereocenters. The molecule has 1 N–H and O–H groups in total. The van der Waals surface area contributed by atoms with Crippen molar-refractivity contribution in [3.05, 3.63) is 0 Å². The van der Waals surface area contributed by atoms with Crippen molar-refractivity contribution in [1.82, 2.24) is 5.32 Å². The first kappa shape index (κ1) is 14.5. The van der Waals surface area contributed by atoms with E-state index in [4.69, 9.17) is 9.47 Å². The Kier molecular flexibility index (Phi) is 6.52. The molecular weight excluding hydrogens is 218 g/mol. The van der Waals surface area contributed by atoms with Gasteiger partial charge < -0.3 is 14.8 Å². The summed E-state index contributed by atoms with van der Waals surface area (Å²) in [6, 6.07) is 0.368. The van der Waals surface area contributed by atoms with Crippen molar-refractivity contribution in [2.75, 3.05) is 13.7 Å². The third kappa shape index (κ3) is 4.28. The fourth-order valence-corrected chi connectivity index (χ4v) is 2.35. The highest BCUT2D eigenvalue weighted by atomic mass is 16.6. The maximum atomic E-state index is 11.7. The summed E-state index contributed by atoms with van der Waals surface area (Å²) in [5.74, 6) is -0.226. The van der Waals surface area contributed by atoms with Gasteiger partial charge in [0.1, 0.15) is 0 Å². The van der Waals surface area contributed by atoms with E-state index < -0.39 is 6.10 Å². The summed E-state index contributed by atoms with van der Waals surface area (Å²) in [6.07, 6.45) is 4.98. The zero-order valence-electron chi connectivity index (χ0n) is 11.2. The van der Waals surface area contributed by atoms with Crippen molar-refractivity contribution in [1.29, 1.82) is 0 Å². The van der Waals surface area contributed by atoms with Crippen LogP contribution in [0.3, 0.4) is 0 Å². The lowest BCUT2D eigenvalue weighted by atomic mass is 9.92. The average molecular weight is 243 g/mol. The smallest absolute Gasteiger partial charge is 0.335 e. The van der Waals surface area contributed by atoms with Crippen LogP contribution in [0.25, 0.3) is 0 Å². The predicted molar refractivity (Wildman–Crippen MR) is 66.9 cm³/mol. The fourth-order valence-electron chi connectivity index (χ4n) is 2.35. The van der Waals surface area contributed by atoms with Crippen LogP contribution in [-0.4, -0.2) is 37.9 Å². The van der Waals surface area contributed by atoms with Gasteiger partial charge in [0.2, 0.25) is 0 Å². The molecule has 100 valence electrons. The zero-order chi connectivity index (χ0) is 12.7. The number of carbonyl (C=O) groups is 1.